The molecule has 1 saturated heterocycles. The number of imide groups is 1. The van der Waals surface area contributed by atoms with Gasteiger partial charge in [0, 0.05) is 39.1 Å². The van der Waals surface area contributed by atoms with Gasteiger partial charge in [-0.25, -0.2) is 0 Å². The highest BCUT2D eigenvalue weighted by Crippen LogP contribution is 2.36. The quantitative estimate of drug-likeness (QED) is 0.418. The molecule has 4 aliphatic rings. The molecule has 0 aromatic heterocycles. The van der Waals surface area contributed by atoms with Crippen LogP contribution in [0.1, 0.15) is 71.1 Å². The Hall–Kier alpha value is -1.28. The van der Waals surface area contributed by atoms with Gasteiger partial charge < -0.3 is 19.7 Å². The summed E-state index contributed by atoms with van der Waals surface area (Å²) in [7, 11) is 4.12. The van der Waals surface area contributed by atoms with E-state index in [9.17, 15) is 9.59 Å². The van der Waals surface area contributed by atoms with E-state index < -0.39 is 0 Å². The van der Waals surface area contributed by atoms with Crippen LogP contribution in [0.15, 0.2) is 11.1 Å². The Morgan fingerprint density at radius 2 is 1.88 bits per heavy atom. The van der Waals surface area contributed by atoms with E-state index in [1.54, 1.807) is 0 Å². The van der Waals surface area contributed by atoms with Crippen LogP contribution in [0.3, 0.4) is 0 Å². The lowest BCUT2D eigenvalue weighted by Gasteiger charge is -2.39. The fourth-order valence-corrected chi connectivity index (χ4v) is 6.00. The molecule has 3 fully saturated rings. The summed E-state index contributed by atoms with van der Waals surface area (Å²) in [5.41, 5.74) is 2.66. The molecule has 3 aliphatic carbocycles. The monoisotopic (exact) mass is 447 g/mol. The molecule has 1 aliphatic heterocycles. The van der Waals surface area contributed by atoms with E-state index in [-0.39, 0.29) is 24.0 Å². The van der Waals surface area contributed by atoms with Crippen molar-refractivity contribution in [1.82, 2.24) is 15.5 Å². The van der Waals surface area contributed by atoms with Crippen LogP contribution in [-0.2, 0) is 19.1 Å². The summed E-state index contributed by atoms with van der Waals surface area (Å²) in [6.45, 7) is 4.04. The number of rotatable bonds is 9. The number of nitrogens with one attached hydrogen (secondary N) is 2. The van der Waals surface area contributed by atoms with Gasteiger partial charge >= 0.3 is 0 Å². The SMILES string of the molecule is CO[C@H]1CC[C@H](CN(C)[C@H]2CCC[C@@H]2O[C@@H]2CC(CNC3CCC(=O)NC3=O)=C2C)CC1. The van der Waals surface area contributed by atoms with Crippen LogP contribution in [-0.4, -0.2) is 74.4 Å². The average molecular weight is 448 g/mol. The molecule has 1 unspecified atom stereocenters. The molecule has 4 rings (SSSR count). The van der Waals surface area contributed by atoms with Crippen molar-refractivity contribution in [2.75, 3.05) is 27.2 Å². The topological polar surface area (TPSA) is 79.9 Å². The Balaban J connectivity index is 1.22. The number of carbonyl (C=O) groups excluding carboxylic acids is 2. The second-order valence-corrected chi connectivity index (χ2v) is 10.4. The van der Waals surface area contributed by atoms with Gasteiger partial charge in [0.1, 0.15) is 0 Å². The summed E-state index contributed by atoms with van der Waals surface area (Å²) in [6, 6.07) is 0.258. The van der Waals surface area contributed by atoms with E-state index in [2.05, 4.69) is 29.5 Å². The highest BCUT2D eigenvalue weighted by molar-refractivity contribution is 6.00. The van der Waals surface area contributed by atoms with Gasteiger partial charge in [-0.05, 0) is 76.8 Å². The van der Waals surface area contributed by atoms with Crippen LogP contribution in [0.5, 0.6) is 0 Å². The van der Waals surface area contributed by atoms with Crippen molar-refractivity contribution in [2.24, 2.45) is 5.92 Å². The number of piperidine rings is 1. The zero-order chi connectivity index (χ0) is 22.7. The third-order valence-corrected chi connectivity index (χ3v) is 8.27. The van der Waals surface area contributed by atoms with E-state index in [1.165, 1.54) is 56.2 Å². The molecule has 32 heavy (non-hydrogen) atoms. The van der Waals surface area contributed by atoms with E-state index in [0.29, 0.717) is 37.6 Å². The Morgan fingerprint density at radius 1 is 1.09 bits per heavy atom. The maximum absolute atomic E-state index is 11.9. The average Bonchev–Trinajstić information content (AvgIpc) is 3.25. The molecule has 2 saturated carbocycles. The Kier molecular flexibility index (Phi) is 8.03. The first-order valence-corrected chi connectivity index (χ1v) is 12.6. The number of carbonyl (C=O) groups is 2. The van der Waals surface area contributed by atoms with Gasteiger partial charge in [-0.2, -0.15) is 0 Å². The Morgan fingerprint density at radius 3 is 2.56 bits per heavy atom. The van der Waals surface area contributed by atoms with E-state index >= 15 is 0 Å². The van der Waals surface area contributed by atoms with Crippen molar-refractivity contribution in [1.29, 1.82) is 0 Å². The number of likely N-dealkylation sites (N-methyl/N-ethyl adjacent to an activating group) is 1. The van der Waals surface area contributed by atoms with Crippen LogP contribution >= 0.6 is 0 Å². The summed E-state index contributed by atoms with van der Waals surface area (Å²) < 4.78 is 12.1. The third kappa shape index (κ3) is 5.61. The normalized spacial score (nSPS) is 35.9. The van der Waals surface area contributed by atoms with Crippen LogP contribution in [0.2, 0.25) is 0 Å². The zero-order valence-corrected chi connectivity index (χ0v) is 20.0. The first-order chi connectivity index (χ1) is 15.4. The second kappa shape index (κ2) is 10.8. The number of ether oxygens (including phenoxy) is 2. The minimum atomic E-state index is -0.264. The minimum Gasteiger partial charge on any atom is -0.381 e. The summed E-state index contributed by atoms with van der Waals surface area (Å²) in [4.78, 5) is 25.8. The van der Waals surface area contributed by atoms with Gasteiger partial charge in [-0.1, -0.05) is 5.57 Å². The van der Waals surface area contributed by atoms with E-state index in [0.717, 1.165) is 18.8 Å². The predicted molar refractivity (Wildman–Crippen MR) is 123 cm³/mol. The molecule has 1 heterocycles. The molecule has 0 aromatic rings. The molecular formula is C25H41N3O4. The minimum absolute atomic E-state index is 0.167. The Bertz CT molecular complexity index is 716. The first-order valence-electron chi connectivity index (χ1n) is 12.6. The van der Waals surface area contributed by atoms with Crippen LogP contribution in [0, 0.1) is 5.92 Å². The number of hydrogen-bond donors (Lipinski definition) is 2. The summed E-state index contributed by atoms with van der Waals surface area (Å²) in [6.07, 6.45) is 11.5. The van der Waals surface area contributed by atoms with Crippen LogP contribution in [0.25, 0.3) is 0 Å². The van der Waals surface area contributed by atoms with E-state index in [4.69, 9.17) is 9.47 Å². The molecule has 4 atom stereocenters. The van der Waals surface area contributed by atoms with Gasteiger partial charge in [0.2, 0.25) is 11.8 Å². The standard InChI is InChI=1S/C25H41N3O4/c1-16-18(14-26-20-11-12-24(29)27-25(20)30)13-23(16)32-22-6-4-5-21(22)28(2)15-17-7-9-19(31-3)10-8-17/h17,19-23,26H,4-15H2,1-3H3,(H,27,29,30)/t17-,19-,20?,21-,22-,23+/m0/s1. The molecule has 180 valence electrons. The number of hydrogen-bond acceptors (Lipinski definition) is 6. The number of methoxy groups -OCH3 is 1. The molecule has 7 heteroatoms. The fraction of sp³-hybridized carbons (Fsp3) is 0.840. The maximum Gasteiger partial charge on any atom is 0.243 e. The summed E-state index contributed by atoms with van der Waals surface area (Å²) >= 11 is 0. The van der Waals surface area contributed by atoms with Gasteiger partial charge in [-0.3, -0.25) is 14.9 Å². The predicted octanol–water partition coefficient (Wildman–Crippen LogP) is 2.54. The third-order valence-electron chi connectivity index (χ3n) is 8.27. The van der Waals surface area contributed by atoms with Crippen LogP contribution in [0.4, 0.5) is 0 Å². The van der Waals surface area contributed by atoms with Crippen molar-refractivity contribution < 1.29 is 19.1 Å². The molecule has 2 N–H and O–H groups in total. The molecule has 0 spiro atoms. The largest absolute Gasteiger partial charge is 0.381 e. The highest BCUT2D eigenvalue weighted by Gasteiger charge is 2.37. The molecule has 0 bridgehead atoms. The first kappa shape index (κ1) is 23.9. The van der Waals surface area contributed by atoms with Crippen molar-refractivity contribution >= 4 is 11.8 Å². The van der Waals surface area contributed by atoms with Crippen molar-refractivity contribution in [3.63, 3.8) is 0 Å². The van der Waals surface area contributed by atoms with Gasteiger partial charge in [0.15, 0.2) is 0 Å². The summed E-state index contributed by atoms with van der Waals surface area (Å²) in [5.74, 6) is 0.418. The maximum atomic E-state index is 11.9. The van der Waals surface area contributed by atoms with Gasteiger partial charge in [-0.15, -0.1) is 0 Å². The highest BCUT2D eigenvalue weighted by atomic mass is 16.5. The van der Waals surface area contributed by atoms with Crippen molar-refractivity contribution in [3.8, 4) is 0 Å². The lowest BCUT2D eigenvalue weighted by Crippen LogP contribution is -2.51. The molecular weight excluding hydrogens is 406 g/mol. The lowest BCUT2D eigenvalue weighted by atomic mass is 9.85. The zero-order valence-electron chi connectivity index (χ0n) is 20.0. The number of amides is 2. The second-order valence-electron chi connectivity index (χ2n) is 10.4. The molecule has 0 radical (unpaired) electrons. The number of nitrogens with zero attached hydrogens (tertiary/aromatic N) is 1. The van der Waals surface area contributed by atoms with Gasteiger partial charge in [0.05, 0.1) is 24.4 Å². The molecule has 2 amide bonds. The van der Waals surface area contributed by atoms with E-state index in [1.807, 2.05) is 7.11 Å². The molecule has 7 nitrogen and oxygen atoms in total. The van der Waals surface area contributed by atoms with Gasteiger partial charge in [0.25, 0.3) is 0 Å². The molecule has 0 aromatic carbocycles. The smallest absolute Gasteiger partial charge is 0.243 e. The Labute approximate surface area is 192 Å². The van der Waals surface area contributed by atoms with Crippen molar-refractivity contribution in [2.45, 2.75) is 102 Å². The van der Waals surface area contributed by atoms with Crippen LogP contribution < -0.4 is 10.6 Å². The van der Waals surface area contributed by atoms with Crippen molar-refractivity contribution in [3.05, 3.63) is 11.1 Å². The summed E-state index contributed by atoms with van der Waals surface area (Å²) in [5, 5.41) is 5.74. The lowest BCUT2D eigenvalue weighted by molar-refractivity contribution is -0.134. The fourth-order valence-electron chi connectivity index (χ4n) is 6.00.